The molecule has 0 fully saturated rings. The Morgan fingerprint density at radius 1 is 1.45 bits per heavy atom. The van der Waals surface area contributed by atoms with Crippen molar-refractivity contribution in [2.45, 2.75) is 6.92 Å². The lowest BCUT2D eigenvalue weighted by Crippen LogP contribution is -2.25. The Balaban J connectivity index is 2.86. The fourth-order valence-electron chi connectivity index (χ4n) is 1.21. The summed E-state index contributed by atoms with van der Waals surface area (Å²) in [5.41, 5.74) is 2.15. The van der Waals surface area contributed by atoms with Crippen molar-refractivity contribution in [3.63, 3.8) is 0 Å². The summed E-state index contributed by atoms with van der Waals surface area (Å²) in [5, 5.41) is 1.20. The zero-order chi connectivity index (χ0) is 7.84. The van der Waals surface area contributed by atoms with Crippen LogP contribution >= 0.6 is 0 Å². The van der Waals surface area contributed by atoms with Crippen LogP contribution in [0.25, 0.3) is 11.0 Å². The highest BCUT2D eigenvalue weighted by molar-refractivity contribution is 5.78. The largest absolute Gasteiger partial charge is 0.458 e. The first kappa shape index (κ1) is 6.40. The normalized spacial score (nSPS) is 10.7. The van der Waals surface area contributed by atoms with Crippen molar-refractivity contribution >= 4 is 11.0 Å². The van der Waals surface area contributed by atoms with Gasteiger partial charge in [-0.25, -0.2) is 4.57 Å². The van der Waals surface area contributed by atoms with Gasteiger partial charge in [-0.3, -0.25) is 0 Å². The topological polar surface area (TPSA) is 17.0 Å². The summed E-state index contributed by atoms with van der Waals surface area (Å²) in [5.74, 6) is 0. The molecule has 0 N–H and O–H groups in total. The molecule has 0 saturated heterocycles. The predicted molar refractivity (Wildman–Crippen MR) is 42.1 cm³/mol. The molecule has 11 heavy (non-hydrogen) atoms. The highest BCUT2D eigenvalue weighted by Gasteiger charge is 2.04. The first-order valence-electron chi connectivity index (χ1n) is 3.60. The highest BCUT2D eigenvalue weighted by atomic mass is 16.3. The number of hydrogen-bond acceptors (Lipinski definition) is 1. The lowest BCUT2D eigenvalue weighted by atomic mass is 10.2. The smallest absolute Gasteiger partial charge is 0.212 e. The maximum atomic E-state index is 5.31. The predicted octanol–water partition coefficient (Wildman–Crippen LogP) is 1.57. The third-order valence-corrected chi connectivity index (χ3v) is 1.85. The number of pyridine rings is 1. The molecule has 2 aromatic heterocycles. The van der Waals surface area contributed by atoms with Gasteiger partial charge in [0.2, 0.25) is 6.20 Å². The summed E-state index contributed by atoms with van der Waals surface area (Å²) < 4.78 is 7.29. The molecule has 0 aliphatic carbocycles. The second kappa shape index (κ2) is 2.09. The summed E-state index contributed by atoms with van der Waals surface area (Å²) in [6.45, 7) is 2.05. The van der Waals surface area contributed by atoms with E-state index in [1.54, 1.807) is 6.26 Å². The SMILES string of the molecule is Cc1coc2c[n+](C)ccc12. The molecule has 2 rings (SSSR count). The molecule has 2 nitrogen and oxygen atoms in total. The van der Waals surface area contributed by atoms with Gasteiger partial charge >= 0.3 is 0 Å². The molecule has 0 bridgehead atoms. The van der Waals surface area contributed by atoms with E-state index in [-0.39, 0.29) is 0 Å². The van der Waals surface area contributed by atoms with Gasteiger partial charge in [-0.05, 0) is 12.5 Å². The van der Waals surface area contributed by atoms with Crippen molar-refractivity contribution in [3.8, 4) is 0 Å². The monoisotopic (exact) mass is 148 g/mol. The van der Waals surface area contributed by atoms with Crippen LogP contribution in [0.5, 0.6) is 0 Å². The number of rotatable bonds is 0. The van der Waals surface area contributed by atoms with Gasteiger partial charge in [-0.2, -0.15) is 0 Å². The fraction of sp³-hybridized carbons (Fsp3) is 0.222. The van der Waals surface area contributed by atoms with Crippen molar-refractivity contribution in [1.29, 1.82) is 0 Å². The molecular weight excluding hydrogens is 138 g/mol. The van der Waals surface area contributed by atoms with E-state index >= 15 is 0 Å². The molecule has 0 amide bonds. The van der Waals surface area contributed by atoms with E-state index < -0.39 is 0 Å². The maximum Gasteiger partial charge on any atom is 0.212 e. The van der Waals surface area contributed by atoms with Crippen LogP contribution in [0.3, 0.4) is 0 Å². The number of fused-ring (bicyclic) bond motifs is 1. The molecule has 2 aromatic rings. The average molecular weight is 148 g/mol. The molecule has 2 heteroatoms. The Bertz CT molecular complexity index is 389. The van der Waals surface area contributed by atoms with Gasteiger partial charge in [0.05, 0.1) is 6.26 Å². The van der Waals surface area contributed by atoms with Gasteiger partial charge in [0, 0.05) is 11.5 Å². The van der Waals surface area contributed by atoms with Crippen LogP contribution in [0.1, 0.15) is 5.56 Å². The van der Waals surface area contributed by atoms with Crippen molar-refractivity contribution in [2.24, 2.45) is 7.05 Å². The van der Waals surface area contributed by atoms with E-state index in [1.165, 1.54) is 10.9 Å². The minimum atomic E-state index is 0.951. The fourth-order valence-corrected chi connectivity index (χ4v) is 1.21. The third-order valence-electron chi connectivity index (χ3n) is 1.85. The van der Waals surface area contributed by atoms with E-state index in [0.29, 0.717) is 0 Å². The van der Waals surface area contributed by atoms with Crippen molar-refractivity contribution in [2.75, 3.05) is 0 Å². The number of aromatic nitrogens is 1. The second-order valence-corrected chi connectivity index (χ2v) is 2.81. The molecule has 0 atom stereocenters. The Hall–Kier alpha value is -1.31. The van der Waals surface area contributed by atoms with E-state index in [1.807, 2.05) is 30.9 Å². The Kier molecular flexibility index (Phi) is 1.22. The third kappa shape index (κ3) is 0.909. The van der Waals surface area contributed by atoms with Crippen molar-refractivity contribution < 1.29 is 8.98 Å². The van der Waals surface area contributed by atoms with E-state index in [4.69, 9.17) is 4.42 Å². The minimum Gasteiger partial charge on any atom is -0.458 e. The highest BCUT2D eigenvalue weighted by Crippen LogP contribution is 2.17. The maximum absolute atomic E-state index is 5.31. The zero-order valence-corrected chi connectivity index (χ0v) is 6.66. The summed E-state index contributed by atoms with van der Waals surface area (Å²) in [7, 11) is 1.98. The summed E-state index contributed by atoms with van der Waals surface area (Å²) >= 11 is 0. The Morgan fingerprint density at radius 2 is 2.27 bits per heavy atom. The Morgan fingerprint density at radius 3 is 3.09 bits per heavy atom. The molecule has 56 valence electrons. The van der Waals surface area contributed by atoms with Crippen LogP contribution in [0, 0.1) is 6.92 Å². The lowest BCUT2D eigenvalue weighted by Gasteiger charge is -1.86. The van der Waals surface area contributed by atoms with Gasteiger partial charge in [0.1, 0.15) is 7.05 Å². The molecule has 0 spiro atoms. The molecule has 0 unspecified atom stereocenters. The van der Waals surface area contributed by atoms with Gasteiger partial charge in [0.25, 0.3) is 0 Å². The molecule has 0 aliphatic rings. The molecule has 0 saturated carbocycles. The molecule has 0 aromatic carbocycles. The number of nitrogens with zero attached hydrogens (tertiary/aromatic N) is 1. The van der Waals surface area contributed by atoms with Gasteiger partial charge in [-0.1, -0.05) is 0 Å². The van der Waals surface area contributed by atoms with E-state index in [0.717, 1.165) is 5.58 Å². The molecule has 0 aliphatic heterocycles. The van der Waals surface area contributed by atoms with Crippen LogP contribution < -0.4 is 4.57 Å². The summed E-state index contributed by atoms with van der Waals surface area (Å²) in [6, 6.07) is 2.06. The Labute approximate surface area is 65.1 Å². The van der Waals surface area contributed by atoms with Crippen LogP contribution in [0.4, 0.5) is 0 Å². The van der Waals surface area contributed by atoms with E-state index in [2.05, 4.69) is 6.07 Å². The first-order chi connectivity index (χ1) is 5.27. The summed E-state index contributed by atoms with van der Waals surface area (Å²) in [4.78, 5) is 0. The van der Waals surface area contributed by atoms with Crippen LogP contribution in [0.15, 0.2) is 29.1 Å². The van der Waals surface area contributed by atoms with Crippen molar-refractivity contribution in [3.05, 3.63) is 30.3 Å². The summed E-state index contributed by atoms with van der Waals surface area (Å²) in [6.07, 6.45) is 5.78. The van der Waals surface area contributed by atoms with Gasteiger partial charge in [0.15, 0.2) is 11.8 Å². The molecule has 0 radical (unpaired) electrons. The first-order valence-corrected chi connectivity index (χ1v) is 3.60. The number of hydrogen-bond donors (Lipinski definition) is 0. The van der Waals surface area contributed by atoms with Crippen LogP contribution in [0.2, 0.25) is 0 Å². The van der Waals surface area contributed by atoms with Gasteiger partial charge in [-0.15, -0.1) is 0 Å². The molecule has 2 heterocycles. The number of furan rings is 1. The zero-order valence-electron chi connectivity index (χ0n) is 6.66. The second-order valence-electron chi connectivity index (χ2n) is 2.81. The van der Waals surface area contributed by atoms with Crippen molar-refractivity contribution in [1.82, 2.24) is 0 Å². The van der Waals surface area contributed by atoms with Crippen LogP contribution in [-0.2, 0) is 7.05 Å². The van der Waals surface area contributed by atoms with Crippen LogP contribution in [-0.4, -0.2) is 0 Å². The quantitative estimate of drug-likeness (QED) is 0.518. The number of aryl methyl sites for hydroxylation is 2. The van der Waals surface area contributed by atoms with Gasteiger partial charge < -0.3 is 4.42 Å². The molecular formula is C9H10NO+. The standard InChI is InChI=1S/C9H10NO/c1-7-6-11-9-5-10(2)4-3-8(7)9/h3-6H,1-2H3/q+1. The van der Waals surface area contributed by atoms with E-state index in [9.17, 15) is 0 Å². The minimum absolute atomic E-state index is 0.951. The lowest BCUT2D eigenvalue weighted by molar-refractivity contribution is -0.670. The average Bonchev–Trinajstić information content (AvgIpc) is 2.32.